The van der Waals surface area contributed by atoms with Crippen LogP contribution in [0.4, 0.5) is 5.69 Å². The van der Waals surface area contributed by atoms with Crippen LogP contribution in [0.15, 0.2) is 17.0 Å². The third-order valence-electron chi connectivity index (χ3n) is 3.36. The molecule has 1 aliphatic rings. The average molecular weight is 264 g/mol. The van der Waals surface area contributed by atoms with Crippen molar-refractivity contribution in [3.63, 3.8) is 0 Å². The van der Waals surface area contributed by atoms with Crippen molar-refractivity contribution in [1.29, 1.82) is 0 Å². The minimum Gasteiger partial charge on any atom is -0.330 e. The van der Waals surface area contributed by atoms with E-state index in [0.29, 0.717) is 18.2 Å². The van der Waals surface area contributed by atoms with Crippen LogP contribution in [0, 0.1) is 13.8 Å². The molecular weight excluding hydrogens is 244 g/mol. The number of benzene rings is 1. The number of nitrogens with zero attached hydrogens (tertiary/aromatic N) is 1. The summed E-state index contributed by atoms with van der Waals surface area (Å²) >= 11 is 1.85. The van der Waals surface area contributed by atoms with Gasteiger partial charge < -0.3 is 10.6 Å². The smallest absolute Gasteiger partial charge is 0.228 e. The number of rotatable bonds is 2. The molecule has 2 rings (SSSR count). The van der Waals surface area contributed by atoms with Gasteiger partial charge in [-0.1, -0.05) is 13.0 Å². The first-order valence-electron chi connectivity index (χ1n) is 6.32. The topological polar surface area (TPSA) is 46.3 Å². The summed E-state index contributed by atoms with van der Waals surface area (Å²) < 4.78 is 0. The van der Waals surface area contributed by atoms with Gasteiger partial charge in [0.25, 0.3) is 0 Å². The second-order valence-corrected chi connectivity index (χ2v) is 6.31. The summed E-state index contributed by atoms with van der Waals surface area (Å²) in [6.07, 6.45) is 0.421. The van der Waals surface area contributed by atoms with Crippen molar-refractivity contribution in [2.45, 2.75) is 37.3 Å². The Balaban J connectivity index is 2.46. The van der Waals surface area contributed by atoms with Crippen LogP contribution >= 0.6 is 11.8 Å². The fourth-order valence-corrected chi connectivity index (χ4v) is 3.47. The SMILES string of the molecule is Cc1ccc2c(c1C)N(C(=O)CCN)CC(C)S2. The minimum atomic E-state index is 0.139. The number of fused-ring (bicyclic) bond motifs is 1. The zero-order chi connectivity index (χ0) is 13.3. The maximum Gasteiger partial charge on any atom is 0.228 e. The van der Waals surface area contributed by atoms with Gasteiger partial charge in [-0.3, -0.25) is 4.79 Å². The molecule has 0 saturated carbocycles. The standard InChI is InChI=1S/C14H20N2OS/c1-9-4-5-12-14(11(9)3)16(8-10(2)18-12)13(17)6-7-15/h4-5,10H,6-8,15H2,1-3H3. The van der Waals surface area contributed by atoms with Crippen molar-refractivity contribution in [1.82, 2.24) is 0 Å². The summed E-state index contributed by atoms with van der Waals surface area (Å²) in [4.78, 5) is 15.3. The lowest BCUT2D eigenvalue weighted by molar-refractivity contribution is -0.118. The molecule has 4 heteroatoms. The van der Waals surface area contributed by atoms with Gasteiger partial charge in [-0.05, 0) is 31.0 Å². The molecule has 3 nitrogen and oxygen atoms in total. The number of amides is 1. The fraction of sp³-hybridized carbons (Fsp3) is 0.500. The number of carbonyl (C=O) groups excluding carboxylic acids is 1. The monoisotopic (exact) mass is 264 g/mol. The molecule has 98 valence electrons. The molecule has 0 aliphatic carbocycles. The largest absolute Gasteiger partial charge is 0.330 e. The van der Waals surface area contributed by atoms with Crippen molar-refractivity contribution in [2.75, 3.05) is 18.0 Å². The molecule has 18 heavy (non-hydrogen) atoms. The molecule has 1 atom stereocenters. The average Bonchev–Trinajstić information content (AvgIpc) is 2.33. The Kier molecular flexibility index (Phi) is 3.97. The molecule has 0 fully saturated rings. The predicted octanol–water partition coefficient (Wildman–Crippen LogP) is 2.48. The van der Waals surface area contributed by atoms with Gasteiger partial charge in [-0.15, -0.1) is 11.8 Å². The maximum atomic E-state index is 12.2. The highest BCUT2D eigenvalue weighted by molar-refractivity contribution is 8.00. The van der Waals surface area contributed by atoms with Gasteiger partial charge in [-0.2, -0.15) is 0 Å². The van der Waals surface area contributed by atoms with Crippen molar-refractivity contribution in [2.24, 2.45) is 5.73 Å². The summed E-state index contributed by atoms with van der Waals surface area (Å²) in [6, 6.07) is 4.26. The van der Waals surface area contributed by atoms with Crippen LogP contribution in [-0.2, 0) is 4.79 Å². The molecule has 2 N–H and O–H groups in total. The normalized spacial score (nSPS) is 18.7. The minimum absolute atomic E-state index is 0.139. The van der Waals surface area contributed by atoms with Gasteiger partial charge in [0.05, 0.1) is 5.69 Å². The van der Waals surface area contributed by atoms with Gasteiger partial charge >= 0.3 is 0 Å². The first kappa shape index (κ1) is 13.4. The van der Waals surface area contributed by atoms with E-state index in [9.17, 15) is 4.79 Å². The molecule has 1 aromatic rings. The summed E-state index contributed by atoms with van der Waals surface area (Å²) in [6.45, 7) is 7.53. The lowest BCUT2D eigenvalue weighted by Gasteiger charge is -2.34. The number of aryl methyl sites for hydroxylation is 1. The van der Waals surface area contributed by atoms with E-state index in [2.05, 4.69) is 32.9 Å². The second-order valence-electron chi connectivity index (χ2n) is 4.83. The molecule has 0 spiro atoms. The maximum absolute atomic E-state index is 12.2. The number of hydrogen-bond donors (Lipinski definition) is 1. The molecular formula is C14H20N2OS. The molecule has 0 bridgehead atoms. The summed E-state index contributed by atoms with van der Waals surface area (Å²) in [5.41, 5.74) is 9.04. The molecule has 1 aliphatic heterocycles. The Labute approximate surface area is 113 Å². The number of carbonyl (C=O) groups is 1. The van der Waals surface area contributed by atoms with Crippen LogP contribution in [0.25, 0.3) is 0 Å². The van der Waals surface area contributed by atoms with Gasteiger partial charge in [0.2, 0.25) is 5.91 Å². The van der Waals surface area contributed by atoms with E-state index in [1.807, 2.05) is 16.7 Å². The lowest BCUT2D eigenvalue weighted by Crippen LogP contribution is -2.40. The molecule has 1 heterocycles. The Bertz CT molecular complexity index is 473. The van der Waals surface area contributed by atoms with Crippen molar-refractivity contribution < 1.29 is 4.79 Å². The highest BCUT2D eigenvalue weighted by atomic mass is 32.2. The van der Waals surface area contributed by atoms with Crippen molar-refractivity contribution >= 4 is 23.4 Å². The van der Waals surface area contributed by atoms with E-state index in [4.69, 9.17) is 5.73 Å². The van der Waals surface area contributed by atoms with Gasteiger partial charge in [-0.25, -0.2) is 0 Å². The van der Waals surface area contributed by atoms with E-state index in [-0.39, 0.29) is 5.91 Å². The zero-order valence-electron chi connectivity index (χ0n) is 11.2. The quantitative estimate of drug-likeness (QED) is 0.892. The van der Waals surface area contributed by atoms with Crippen molar-refractivity contribution in [3.8, 4) is 0 Å². The summed E-state index contributed by atoms with van der Waals surface area (Å²) in [7, 11) is 0. The van der Waals surface area contributed by atoms with E-state index in [1.54, 1.807) is 0 Å². The zero-order valence-corrected chi connectivity index (χ0v) is 12.0. The lowest BCUT2D eigenvalue weighted by atomic mass is 10.1. The molecule has 1 aromatic carbocycles. The van der Waals surface area contributed by atoms with Crippen LogP contribution in [0.5, 0.6) is 0 Å². The van der Waals surface area contributed by atoms with Crippen LogP contribution < -0.4 is 10.6 Å². The molecule has 0 aromatic heterocycles. The number of hydrogen-bond acceptors (Lipinski definition) is 3. The molecule has 0 saturated heterocycles. The Morgan fingerprint density at radius 2 is 2.22 bits per heavy atom. The van der Waals surface area contributed by atoms with E-state index < -0.39 is 0 Å². The predicted molar refractivity (Wildman–Crippen MR) is 77.3 cm³/mol. The highest BCUT2D eigenvalue weighted by Gasteiger charge is 2.28. The van der Waals surface area contributed by atoms with Gasteiger partial charge in [0.15, 0.2) is 0 Å². The fourth-order valence-electron chi connectivity index (χ4n) is 2.29. The summed E-state index contributed by atoms with van der Waals surface area (Å²) in [5.74, 6) is 0.139. The van der Waals surface area contributed by atoms with E-state index in [0.717, 1.165) is 12.2 Å². The Hall–Kier alpha value is -1.000. The third kappa shape index (κ3) is 2.40. The Morgan fingerprint density at radius 3 is 2.89 bits per heavy atom. The van der Waals surface area contributed by atoms with Crippen LogP contribution in [0.1, 0.15) is 24.5 Å². The van der Waals surface area contributed by atoms with E-state index >= 15 is 0 Å². The Morgan fingerprint density at radius 1 is 1.50 bits per heavy atom. The molecule has 0 radical (unpaired) electrons. The first-order chi connectivity index (χ1) is 8.54. The number of anilines is 1. The molecule has 1 unspecified atom stereocenters. The van der Waals surface area contributed by atoms with Crippen molar-refractivity contribution in [3.05, 3.63) is 23.3 Å². The van der Waals surface area contributed by atoms with Gasteiger partial charge in [0.1, 0.15) is 0 Å². The van der Waals surface area contributed by atoms with Crippen LogP contribution in [0.2, 0.25) is 0 Å². The van der Waals surface area contributed by atoms with E-state index in [1.165, 1.54) is 16.0 Å². The van der Waals surface area contributed by atoms with Crippen LogP contribution in [0.3, 0.4) is 0 Å². The second kappa shape index (κ2) is 5.33. The summed E-state index contributed by atoms with van der Waals surface area (Å²) in [5, 5.41) is 0.432. The number of nitrogens with two attached hydrogens (primary N) is 1. The van der Waals surface area contributed by atoms with Crippen LogP contribution in [-0.4, -0.2) is 24.2 Å². The number of thioether (sulfide) groups is 1. The third-order valence-corrected chi connectivity index (χ3v) is 4.50. The highest BCUT2D eigenvalue weighted by Crippen LogP contribution is 2.41. The first-order valence-corrected chi connectivity index (χ1v) is 7.20. The molecule has 1 amide bonds. The van der Waals surface area contributed by atoms with Gasteiger partial charge in [0, 0.05) is 29.7 Å².